The molecule has 1 N–H and O–H groups in total. The van der Waals surface area contributed by atoms with Gasteiger partial charge in [0.15, 0.2) is 0 Å². The first kappa shape index (κ1) is 13.4. The monoisotopic (exact) mass is 309 g/mol. The number of nitrogens with zero attached hydrogens (tertiary/aromatic N) is 2. The first-order chi connectivity index (χ1) is 10.7. The summed E-state index contributed by atoms with van der Waals surface area (Å²) >= 11 is 1.67. The summed E-state index contributed by atoms with van der Waals surface area (Å²) < 4.78 is 0. The van der Waals surface area contributed by atoms with E-state index in [1.54, 1.807) is 18.0 Å². The highest BCUT2D eigenvalue weighted by Crippen LogP contribution is 2.42. The van der Waals surface area contributed by atoms with Crippen LogP contribution in [0.15, 0.2) is 48.7 Å². The summed E-state index contributed by atoms with van der Waals surface area (Å²) in [5.74, 6) is 0.667. The number of H-pyrrole nitrogens is 1. The normalized spacial score (nSPS) is 18.3. The molecular weight excluding hydrogens is 294 g/mol. The summed E-state index contributed by atoms with van der Waals surface area (Å²) in [6.07, 6.45) is 1.79. The van der Waals surface area contributed by atoms with Crippen LogP contribution in [-0.4, -0.2) is 21.9 Å². The molecule has 0 bridgehead atoms. The van der Waals surface area contributed by atoms with Gasteiger partial charge in [0.25, 0.3) is 0 Å². The number of anilines is 1. The fourth-order valence-corrected chi connectivity index (χ4v) is 3.94. The highest BCUT2D eigenvalue weighted by atomic mass is 32.2. The number of rotatable bonds is 2. The SMILES string of the molecule is Cc1ccc(C2SCC(=O)N2c2ccc3[nH]ncc3c2)cc1. The minimum absolute atomic E-state index is 0.0393. The average molecular weight is 309 g/mol. The molecule has 1 amide bonds. The zero-order valence-corrected chi connectivity index (χ0v) is 12.9. The molecule has 1 fully saturated rings. The third-order valence-corrected chi connectivity index (χ3v) is 5.14. The van der Waals surface area contributed by atoms with Crippen molar-refractivity contribution in [3.63, 3.8) is 0 Å². The molecule has 1 aliphatic heterocycles. The van der Waals surface area contributed by atoms with Crippen molar-refractivity contribution in [1.82, 2.24) is 10.2 Å². The second kappa shape index (κ2) is 5.18. The maximum atomic E-state index is 12.4. The lowest BCUT2D eigenvalue weighted by molar-refractivity contribution is -0.115. The maximum Gasteiger partial charge on any atom is 0.238 e. The lowest BCUT2D eigenvalue weighted by Gasteiger charge is -2.24. The zero-order chi connectivity index (χ0) is 15.1. The minimum Gasteiger partial charge on any atom is -0.295 e. The van der Waals surface area contributed by atoms with Crippen LogP contribution in [-0.2, 0) is 4.79 Å². The number of aromatic amines is 1. The topological polar surface area (TPSA) is 49.0 Å². The molecule has 110 valence electrons. The van der Waals surface area contributed by atoms with Crippen LogP contribution in [0.1, 0.15) is 16.5 Å². The summed E-state index contributed by atoms with van der Waals surface area (Å²) in [6.45, 7) is 2.07. The van der Waals surface area contributed by atoms with Crippen molar-refractivity contribution in [1.29, 1.82) is 0 Å². The van der Waals surface area contributed by atoms with Gasteiger partial charge < -0.3 is 0 Å². The Balaban J connectivity index is 1.76. The first-order valence-electron chi connectivity index (χ1n) is 7.16. The molecule has 1 atom stereocenters. The summed E-state index contributed by atoms with van der Waals surface area (Å²) in [7, 11) is 0. The molecule has 0 spiro atoms. The Morgan fingerprint density at radius 3 is 2.86 bits per heavy atom. The maximum absolute atomic E-state index is 12.4. The van der Waals surface area contributed by atoms with Gasteiger partial charge in [-0.25, -0.2) is 0 Å². The number of fused-ring (bicyclic) bond motifs is 1. The molecule has 1 unspecified atom stereocenters. The predicted molar refractivity (Wildman–Crippen MR) is 90.0 cm³/mol. The first-order valence-corrected chi connectivity index (χ1v) is 8.20. The molecular formula is C17H15N3OS. The van der Waals surface area contributed by atoms with Crippen molar-refractivity contribution >= 4 is 34.3 Å². The highest BCUT2D eigenvalue weighted by molar-refractivity contribution is 8.00. The van der Waals surface area contributed by atoms with Crippen LogP contribution in [0.4, 0.5) is 5.69 Å². The van der Waals surface area contributed by atoms with Gasteiger partial charge in [0.05, 0.1) is 17.5 Å². The standard InChI is InChI=1S/C17H15N3OS/c1-11-2-4-12(5-3-11)17-20(16(21)10-22-17)14-6-7-15-13(8-14)9-18-19-15/h2-9,17H,10H2,1H3,(H,18,19). The van der Waals surface area contributed by atoms with Gasteiger partial charge in [-0.1, -0.05) is 29.8 Å². The number of nitrogens with one attached hydrogen (secondary N) is 1. The number of hydrogen-bond donors (Lipinski definition) is 1. The van der Waals surface area contributed by atoms with Crippen LogP contribution in [0.5, 0.6) is 0 Å². The Kier molecular flexibility index (Phi) is 3.15. The van der Waals surface area contributed by atoms with E-state index in [4.69, 9.17) is 0 Å². The van der Waals surface area contributed by atoms with Gasteiger partial charge in [-0.15, -0.1) is 11.8 Å². The van der Waals surface area contributed by atoms with Gasteiger partial charge in [0, 0.05) is 11.1 Å². The molecule has 3 aromatic rings. The minimum atomic E-state index is 0.0393. The van der Waals surface area contributed by atoms with E-state index in [1.165, 1.54) is 5.56 Å². The molecule has 2 aromatic carbocycles. The van der Waals surface area contributed by atoms with E-state index in [9.17, 15) is 4.79 Å². The number of aromatic nitrogens is 2. The van der Waals surface area contributed by atoms with Crippen LogP contribution in [0.2, 0.25) is 0 Å². The quantitative estimate of drug-likeness (QED) is 0.786. The van der Waals surface area contributed by atoms with E-state index in [0.29, 0.717) is 5.75 Å². The van der Waals surface area contributed by atoms with E-state index in [1.807, 2.05) is 23.1 Å². The molecule has 5 heteroatoms. The Bertz CT molecular complexity index is 840. The van der Waals surface area contributed by atoms with Crippen molar-refractivity contribution < 1.29 is 4.79 Å². The third kappa shape index (κ3) is 2.18. The summed E-state index contributed by atoms with van der Waals surface area (Å²) in [4.78, 5) is 14.3. The summed E-state index contributed by atoms with van der Waals surface area (Å²) in [6, 6.07) is 14.4. The lowest BCUT2D eigenvalue weighted by atomic mass is 10.1. The van der Waals surface area contributed by atoms with E-state index >= 15 is 0 Å². The van der Waals surface area contributed by atoms with Gasteiger partial charge in [0.2, 0.25) is 5.91 Å². The number of amides is 1. The van der Waals surface area contributed by atoms with Gasteiger partial charge >= 0.3 is 0 Å². The summed E-state index contributed by atoms with van der Waals surface area (Å²) in [5.41, 5.74) is 4.29. The van der Waals surface area contributed by atoms with Gasteiger partial charge in [-0.05, 0) is 30.7 Å². The Morgan fingerprint density at radius 1 is 1.23 bits per heavy atom. The molecule has 1 saturated heterocycles. The van der Waals surface area contributed by atoms with Crippen molar-refractivity contribution in [2.45, 2.75) is 12.3 Å². The van der Waals surface area contributed by atoms with E-state index < -0.39 is 0 Å². The molecule has 4 rings (SSSR count). The van der Waals surface area contributed by atoms with Crippen molar-refractivity contribution in [3.05, 3.63) is 59.8 Å². The largest absolute Gasteiger partial charge is 0.295 e. The Labute approximate surface area is 132 Å². The zero-order valence-electron chi connectivity index (χ0n) is 12.1. The smallest absolute Gasteiger partial charge is 0.238 e. The fraction of sp³-hybridized carbons (Fsp3) is 0.176. The molecule has 1 aromatic heterocycles. The van der Waals surface area contributed by atoms with Crippen molar-refractivity contribution in [3.8, 4) is 0 Å². The van der Waals surface area contributed by atoms with Crippen LogP contribution < -0.4 is 4.90 Å². The molecule has 0 radical (unpaired) electrons. The van der Waals surface area contributed by atoms with Gasteiger partial charge in [-0.3, -0.25) is 14.8 Å². The van der Waals surface area contributed by atoms with Crippen LogP contribution in [0.25, 0.3) is 10.9 Å². The van der Waals surface area contributed by atoms with E-state index in [-0.39, 0.29) is 11.3 Å². The van der Waals surface area contributed by atoms with Crippen LogP contribution >= 0.6 is 11.8 Å². The van der Waals surface area contributed by atoms with Crippen LogP contribution in [0.3, 0.4) is 0 Å². The summed E-state index contributed by atoms with van der Waals surface area (Å²) in [5, 5.41) is 8.04. The van der Waals surface area contributed by atoms with Crippen molar-refractivity contribution in [2.75, 3.05) is 10.7 Å². The molecule has 4 nitrogen and oxygen atoms in total. The molecule has 0 saturated carbocycles. The van der Waals surface area contributed by atoms with Gasteiger partial charge in [0.1, 0.15) is 5.37 Å². The highest BCUT2D eigenvalue weighted by Gasteiger charge is 2.34. The average Bonchev–Trinajstić information content (AvgIpc) is 3.13. The number of hydrogen-bond acceptors (Lipinski definition) is 3. The van der Waals surface area contributed by atoms with Crippen LogP contribution in [0, 0.1) is 6.92 Å². The Morgan fingerprint density at radius 2 is 2.05 bits per heavy atom. The number of carbonyl (C=O) groups excluding carboxylic acids is 1. The van der Waals surface area contributed by atoms with E-state index in [0.717, 1.165) is 22.2 Å². The number of carbonyl (C=O) groups is 1. The van der Waals surface area contributed by atoms with E-state index in [2.05, 4.69) is 41.4 Å². The predicted octanol–water partition coefficient (Wildman–Crippen LogP) is 3.65. The number of thioether (sulfide) groups is 1. The fourth-order valence-electron chi connectivity index (χ4n) is 2.76. The number of benzene rings is 2. The Hall–Kier alpha value is -2.27. The molecule has 2 heterocycles. The second-order valence-electron chi connectivity index (χ2n) is 5.48. The number of aryl methyl sites for hydroxylation is 1. The second-order valence-corrected chi connectivity index (χ2v) is 6.55. The lowest BCUT2D eigenvalue weighted by Crippen LogP contribution is -2.27. The molecule has 22 heavy (non-hydrogen) atoms. The molecule has 0 aliphatic carbocycles. The molecule has 1 aliphatic rings. The third-order valence-electron chi connectivity index (χ3n) is 3.93. The van der Waals surface area contributed by atoms with Gasteiger partial charge in [-0.2, -0.15) is 5.10 Å². The van der Waals surface area contributed by atoms with Crippen molar-refractivity contribution in [2.24, 2.45) is 0 Å².